The maximum Gasteiger partial charge on any atom is 0.371 e. The summed E-state index contributed by atoms with van der Waals surface area (Å²) in [6.45, 7) is 0. The molecule has 7 N–H and O–H groups in total. The molecule has 12 heteroatoms. The lowest BCUT2D eigenvalue weighted by Crippen LogP contribution is -2.28. The fraction of sp³-hybridized carbons (Fsp3) is 0.0741. The Hall–Kier alpha value is -5.65. The Kier molecular flexibility index (Phi) is 8.64. The van der Waals surface area contributed by atoms with Gasteiger partial charge in [0, 0.05) is 18.6 Å². The van der Waals surface area contributed by atoms with Crippen molar-refractivity contribution in [1.82, 2.24) is 0 Å². The Balaban J connectivity index is 1.70. The first-order valence-electron chi connectivity index (χ1n) is 11.0. The van der Waals surface area contributed by atoms with Gasteiger partial charge >= 0.3 is 17.9 Å². The largest absolute Gasteiger partial charge is 0.508 e. The summed E-state index contributed by atoms with van der Waals surface area (Å²) in [7, 11) is 0. The van der Waals surface area contributed by atoms with E-state index >= 15 is 0 Å². The number of phenols is 5. The molecule has 0 unspecified atom stereocenters. The van der Waals surface area contributed by atoms with Crippen LogP contribution in [0.15, 0.2) is 66.4 Å². The smallest absolute Gasteiger partial charge is 0.371 e. The highest BCUT2D eigenvalue weighted by atomic mass is 16.6. The number of aromatic hydroxyl groups is 5. The second-order valence-corrected chi connectivity index (χ2v) is 8.01. The van der Waals surface area contributed by atoms with Crippen LogP contribution < -0.4 is 4.74 Å². The molecule has 0 radical (unpaired) electrons. The van der Waals surface area contributed by atoms with Gasteiger partial charge in [-0.2, -0.15) is 0 Å². The van der Waals surface area contributed by atoms with Crippen molar-refractivity contribution in [3.05, 3.63) is 83.1 Å². The molecule has 0 saturated carbocycles. The lowest BCUT2D eigenvalue weighted by Gasteiger charge is -2.13. The number of carboxylic acids is 2. The van der Waals surface area contributed by atoms with Crippen molar-refractivity contribution in [2.24, 2.45) is 0 Å². The Morgan fingerprint density at radius 3 is 2.08 bits per heavy atom. The number of carbonyl (C=O) groups is 3. The Morgan fingerprint density at radius 1 is 0.769 bits per heavy atom. The summed E-state index contributed by atoms with van der Waals surface area (Å²) in [4.78, 5) is 35.3. The van der Waals surface area contributed by atoms with Crippen LogP contribution in [0, 0.1) is 0 Å². The molecule has 0 heterocycles. The van der Waals surface area contributed by atoms with Crippen LogP contribution in [0.2, 0.25) is 0 Å². The molecule has 1 atom stereocenters. The highest BCUT2D eigenvalue weighted by molar-refractivity contribution is 5.91. The van der Waals surface area contributed by atoms with E-state index < -0.39 is 47.0 Å². The van der Waals surface area contributed by atoms with Crippen LogP contribution in [-0.4, -0.2) is 59.8 Å². The second kappa shape index (κ2) is 12.1. The van der Waals surface area contributed by atoms with Crippen LogP contribution >= 0.6 is 0 Å². The third-order valence-corrected chi connectivity index (χ3v) is 5.13. The fourth-order valence-electron chi connectivity index (χ4n) is 3.21. The molecule has 12 nitrogen and oxygen atoms in total. The number of ether oxygens (including phenoxy) is 2. The SMILES string of the molecule is O=C(C=Cc1ccc(OC(=Cc2ccc(O)c(O)c2)C(=O)O)c(O)c1)O[C@H](Cc1ccc(O)cc1O)C(=O)O. The van der Waals surface area contributed by atoms with E-state index in [0.29, 0.717) is 0 Å². The molecule has 202 valence electrons. The number of hydrogen-bond acceptors (Lipinski definition) is 10. The number of aliphatic carboxylic acids is 2. The minimum absolute atomic E-state index is 0.134. The third kappa shape index (κ3) is 7.67. The molecular weight excluding hydrogens is 516 g/mol. The molecule has 0 aromatic heterocycles. The number of carboxylic acid groups (broad SMARTS) is 2. The van der Waals surface area contributed by atoms with Crippen molar-refractivity contribution in [2.45, 2.75) is 12.5 Å². The summed E-state index contributed by atoms with van der Waals surface area (Å²) < 4.78 is 10.2. The zero-order chi connectivity index (χ0) is 28.7. The minimum atomic E-state index is -1.64. The number of rotatable bonds is 10. The van der Waals surface area contributed by atoms with Crippen molar-refractivity contribution in [1.29, 1.82) is 0 Å². The zero-order valence-corrected chi connectivity index (χ0v) is 19.9. The highest BCUT2D eigenvalue weighted by Gasteiger charge is 2.23. The molecule has 0 spiro atoms. The topological polar surface area (TPSA) is 211 Å². The van der Waals surface area contributed by atoms with Gasteiger partial charge in [0.25, 0.3) is 0 Å². The van der Waals surface area contributed by atoms with Gasteiger partial charge in [-0.25, -0.2) is 14.4 Å². The molecule has 0 fully saturated rings. The van der Waals surface area contributed by atoms with Crippen molar-refractivity contribution in [3.8, 4) is 34.5 Å². The van der Waals surface area contributed by atoms with Gasteiger partial charge in [0.2, 0.25) is 11.9 Å². The van der Waals surface area contributed by atoms with Crippen molar-refractivity contribution in [2.75, 3.05) is 0 Å². The summed E-state index contributed by atoms with van der Waals surface area (Å²) in [6, 6.07) is 10.9. The molecule has 0 bridgehead atoms. The zero-order valence-electron chi connectivity index (χ0n) is 19.9. The van der Waals surface area contributed by atoms with Crippen LogP contribution in [0.3, 0.4) is 0 Å². The standard InChI is InChI=1S/C27H22O12/c28-17-5-4-16(19(30)13-17)12-24(27(36)37)39-25(33)8-3-14-2-7-22(21(32)9-14)38-23(26(34)35)11-15-1-6-18(29)20(31)10-15/h1-11,13,24,28-32H,12H2,(H,34,35)(H,36,37)/t24-/m1/s1. The van der Waals surface area contributed by atoms with Crippen LogP contribution in [0.5, 0.6) is 34.5 Å². The lowest BCUT2D eigenvalue weighted by atomic mass is 10.1. The van der Waals surface area contributed by atoms with Gasteiger partial charge in [-0.3, -0.25) is 0 Å². The first-order valence-corrected chi connectivity index (χ1v) is 11.0. The van der Waals surface area contributed by atoms with Crippen LogP contribution in [0.1, 0.15) is 16.7 Å². The van der Waals surface area contributed by atoms with E-state index in [1.54, 1.807) is 0 Å². The van der Waals surface area contributed by atoms with Gasteiger partial charge < -0.3 is 45.2 Å². The average Bonchev–Trinajstić information content (AvgIpc) is 2.86. The second-order valence-electron chi connectivity index (χ2n) is 8.01. The average molecular weight is 538 g/mol. The molecule has 0 aliphatic heterocycles. The van der Waals surface area contributed by atoms with Crippen molar-refractivity contribution >= 4 is 30.1 Å². The monoisotopic (exact) mass is 538 g/mol. The lowest BCUT2D eigenvalue weighted by molar-refractivity contribution is -0.160. The van der Waals surface area contributed by atoms with Crippen LogP contribution in [0.25, 0.3) is 12.2 Å². The van der Waals surface area contributed by atoms with Gasteiger partial charge in [-0.1, -0.05) is 18.2 Å². The van der Waals surface area contributed by atoms with E-state index in [0.717, 1.165) is 36.4 Å². The summed E-state index contributed by atoms with van der Waals surface area (Å²) in [5.74, 6) is -6.79. The van der Waals surface area contributed by atoms with Crippen LogP contribution in [-0.2, 0) is 25.5 Å². The van der Waals surface area contributed by atoms with E-state index in [9.17, 15) is 50.1 Å². The molecule has 0 saturated heterocycles. The summed E-state index contributed by atoms with van der Waals surface area (Å²) in [5, 5.41) is 67.2. The molecule has 3 aromatic rings. The molecule has 0 aliphatic carbocycles. The van der Waals surface area contributed by atoms with Crippen molar-refractivity contribution in [3.63, 3.8) is 0 Å². The van der Waals surface area contributed by atoms with Gasteiger partial charge in [-0.15, -0.1) is 0 Å². The van der Waals surface area contributed by atoms with E-state index in [4.69, 9.17) is 9.47 Å². The number of benzene rings is 3. The minimum Gasteiger partial charge on any atom is -0.508 e. The van der Waals surface area contributed by atoms with Gasteiger partial charge in [-0.05, 0) is 59.2 Å². The van der Waals surface area contributed by atoms with Gasteiger partial charge in [0.05, 0.1) is 0 Å². The van der Waals surface area contributed by atoms with E-state index in [1.165, 1.54) is 36.4 Å². The first-order chi connectivity index (χ1) is 18.4. The molecule has 0 amide bonds. The summed E-state index contributed by atoms with van der Waals surface area (Å²) >= 11 is 0. The Bertz CT molecular complexity index is 1470. The van der Waals surface area contributed by atoms with Gasteiger partial charge in [0.1, 0.15) is 11.5 Å². The number of hydrogen-bond donors (Lipinski definition) is 7. The molecule has 3 rings (SSSR count). The molecular formula is C27H22O12. The number of phenolic OH excluding ortho intramolecular Hbond substituents is 5. The maximum absolute atomic E-state index is 12.2. The predicted molar refractivity (Wildman–Crippen MR) is 134 cm³/mol. The van der Waals surface area contributed by atoms with E-state index in [2.05, 4.69) is 0 Å². The van der Waals surface area contributed by atoms with E-state index in [-0.39, 0.29) is 40.4 Å². The predicted octanol–water partition coefficient (Wildman–Crippen LogP) is 2.97. The number of esters is 1. The normalized spacial score (nSPS) is 12.2. The molecule has 3 aromatic carbocycles. The van der Waals surface area contributed by atoms with E-state index in [1.807, 2.05) is 0 Å². The fourth-order valence-corrected chi connectivity index (χ4v) is 3.21. The van der Waals surface area contributed by atoms with Crippen molar-refractivity contribution < 1.29 is 59.6 Å². The Morgan fingerprint density at radius 2 is 1.46 bits per heavy atom. The Labute approximate surface area is 220 Å². The third-order valence-electron chi connectivity index (χ3n) is 5.13. The quantitative estimate of drug-likeness (QED) is 0.0859. The summed E-state index contributed by atoms with van der Waals surface area (Å²) in [5.41, 5.74) is 0.583. The highest BCUT2D eigenvalue weighted by Crippen LogP contribution is 2.31. The van der Waals surface area contributed by atoms with Crippen LogP contribution in [0.4, 0.5) is 0 Å². The number of carbonyl (C=O) groups excluding carboxylic acids is 1. The maximum atomic E-state index is 12.2. The van der Waals surface area contributed by atoms with Gasteiger partial charge in [0.15, 0.2) is 23.0 Å². The molecule has 39 heavy (non-hydrogen) atoms. The summed E-state index contributed by atoms with van der Waals surface area (Å²) in [6.07, 6.45) is 1.16. The first kappa shape index (κ1) is 27.9. The molecule has 0 aliphatic rings.